The summed E-state index contributed by atoms with van der Waals surface area (Å²) >= 11 is 2.29. The first-order chi connectivity index (χ1) is 12.5. The number of carboxylic acids is 1. The van der Waals surface area contributed by atoms with Crippen LogP contribution >= 0.6 is 22.6 Å². The number of nitrogens with zero attached hydrogens (tertiary/aromatic N) is 1. The molecule has 1 aliphatic heterocycles. The zero-order valence-corrected chi connectivity index (χ0v) is 16.4. The van der Waals surface area contributed by atoms with Crippen molar-refractivity contribution >= 4 is 34.5 Å². The molecule has 2 aromatic carbocycles. The van der Waals surface area contributed by atoms with E-state index < -0.39 is 5.97 Å². The average molecular weight is 465 g/mol. The summed E-state index contributed by atoms with van der Waals surface area (Å²) in [5.74, 6) is -0.571. The number of likely N-dealkylation sites (tertiary alicyclic amines) is 1. The van der Waals surface area contributed by atoms with Gasteiger partial charge in [0.25, 0.3) is 5.91 Å². The van der Waals surface area contributed by atoms with Crippen LogP contribution in [0.15, 0.2) is 48.5 Å². The van der Waals surface area contributed by atoms with Crippen LogP contribution in [0.25, 0.3) is 11.1 Å². The van der Waals surface area contributed by atoms with Crippen LogP contribution in [0.5, 0.6) is 5.75 Å². The van der Waals surface area contributed by atoms with E-state index in [2.05, 4.69) is 34.7 Å². The van der Waals surface area contributed by atoms with E-state index in [9.17, 15) is 9.59 Å². The van der Waals surface area contributed by atoms with Gasteiger partial charge in [-0.05, 0) is 70.8 Å². The molecule has 2 aromatic rings. The Morgan fingerprint density at radius 1 is 1.08 bits per heavy atom. The number of aliphatic carboxylic acids is 1. The van der Waals surface area contributed by atoms with E-state index in [1.54, 1.807) is 4.90 Å². The highest BCUT2D eigenvalue weighted by Crippen LogP contribution is 2.24. The van der Waals surface area contributed by atoms with Gasteiger partial charge in [-0.15, -0.1) is 0 Å². The van der Waals surface area contributed by atoms with E-state index in [-0.39, 0.29) is 18.4 Å². The first-order valence-corrected chi connectivity index (χ1v) is 9.60. The molecule has 0 radical (unpaired) electrons. The molecule has 5 nitrogen and oxygen atoms in total. The second kappa shape index (κ2) is 8.53. The van der Waals surface area contributed by atoms with Gasteiger partial charge in [-0.1, -0.05) is 24.3 Å². The van der Waals surface area contributed by atoms with Crippen LogP contribution in [0.3, 0.4) is 0 Å². The molecule has 0 aliphatic carbocycles. The van der Waals surface area contributed by atoms with E-state index in [1.807, 2.05) is 36.4 Å². The molecule has 0 spiro atoms. The number of ether oxygens (including phenoxy) is 1. The minimum absolute atomic E-state index is 0.0275. The number of amides is 1. The van der Waals surface area contributed by atoms with Gasteiger partial charge in [0.2, 0.25) is 0 Å². The van der Waals surface area contributed by atoms with Crippen LogP contribution in [0, 0.1) is 9.49 Å². The first-order valence-electron chi connectivity index (χ1n) is 8.52. The summed E-state index contributed by atoms with van der Waals surface area (Å²) in [4.78, 5) is 24.9. The molecule has 1 aliphatic rings. The van der Waals surface area contributed by atoms with E-state index in [1.165, 1.54) is 3.57 Å². The lowest BCUT2D eigenvalue weighted by atomic mass is 9.97. The Morgan fingerprint density at radius 2 is 1.77 bits per heavy atom. The van der Waals surface area contributed by atoms with Gasteiger partial charge in [0.1, 0.15) is 5.75 Å². The van der Waals surface area contributed by atoms with E-state index in [0.29, 0.717) is 31.7 Å². The van der Waals surface area contributed by atoms with Crippen molar-refractivity contribution in [3.63, 3.8) is 0 Å². The Balaban J connectivity index is 1.52. The van der Waals surface area contributed by atoms with Crippen LogP contribution in [-0.2, 0) is 9.59 Å². The number of carboxylic acid groups (broad SMARTS) is 1. The normalized spacial score (nSPS) is 14.9. The molecule has 1 N–H and O–H groups in total. The predicted molar refractivity (Wildman–Crippen MR) is 107 cm³/mol. The van der Waals surface area contributed by atoms with Crippen LogP contribution < -0.4 is 4.74 Å². The topological polar surface area (TPSA) is 66.8 Å². The summed E-state index contributed by atoms with van der Waals surface area (Å²) in [6, 6.07) is 15.9. The Labute approximate surface area is 166 Å². The number of halogens is 1. The maximum Gasteiger partial charge on any atom is 0.306 e. The fourth-order valence-corrected chi connectivity index (χ4v) is 3.57. The lowest BCUT2D eigenvalue weighted by Crippen LogP contribution is -2.42. The summed E-state index contributed by atoms with van der Waals surface area (Å²) in [6.07, 6.45) is 1.01. The largest absolute Gasteiger partial charge is 0.484 e. The van der Waals surface area contributed by atoms with Crippen molar-refractivity contribution in [1.29, 1.82) is 0 Å². The molecule has 1 heterocycles. The van der Waals surface area contributed by atoms with Crippen LogP contribution in [0.4, 0.5) is 0 Å². The van der Waals surface area contributed by atoms with Gasteiger partial charge in [0.05, 0.1) is 5.92 Å². The maximum atomic E-state index is 12.2. The molecule has 26 heavy (non-hydrogen) atoms. The molecule has 6 heteroatoms. The summed E-state index contributed by atoms with van der Waals surface area (Å²) in [6.45, 7) is 0.926. The van der Waals surface area contributed by atoms with Gasteiger partial charge >= 0.3 is 5.97 Å². The Bertz CT molecular complexity index is 783. The average Bonchev–Trinajstić information content (AvgIpc) is 2.66. The van der Waals surface area contributed by atoms with Crippen molar-refractivity contribution in [2.75, 3.05) is 19.7 Å². The standard InChI is InChI=1S/C20H20INO4/c21-17-3-1-2-16(12-17)14-4-6-18(7-5-14)26-13-19(23)22-10-8-15(9-11-22)20(24)25/h1-7,12,15H,8-11,13H2,(H,24,25). The number of carbonyl (C=O) groups is 2. The van der Waals surface area contributed by atoms with Gasteiger partial charge in [0, 0.05) is 16.7 Å². The molecule has 0 unspecified atom stereocenters. The highest BCUT2D eigenvalue weighted by Gasteiger charge is 2.27. The first kappa shape index (κ1) is 18.7. The molecular weight excluding hydrogens is 445 g/mol. The molecule has 0 saturated carbocycles. The number of benzene rings is 2. The smallest absolute Gasteiger partial charge is 0.306 e. The fraction of sp³-hybridized carbons (Fsp3) is 0.300. The Morgan fingerprint density at radius 3 is 2.38 bits per heavy atom. The van der Waals surface area contributed by atoms with E-state index in [0.717, 1.165) is 11.1 Å². The lowest BCUT2D eigenvalue weighted by Gasteiger charge is -2.30. The highest BCUT2D eigenvalue weighted by atomic mass is 127. The highest BCUT2D eigenvalue weighted by molar-refractivity contribution is 14.1. The lowest BCUT2D eigenvalue weighted by molar-refractivity contribution is -0.146. The summed E-state index contributed by atoms with van der Waals surface area (Å²) < 4.78 is 6.78. The minimum Gasteiger partial charge on any atom is -0.484 e. The number of piperidine rings is 1. The maximum absolute atomic E-state index is 12.2. The van der Waals surface area contributed by atoms with Crippen molar-refractivity contribution < 1.29 is 19.4 Å². The van der Waals surface area contributed by atoms with Crippen molar-refractivity contribution in [3.05, 3.63) is 52.1 Å². The zero-order chi connectivity index (χ0) is 18.5. The van der Waals surface area contributed by atoms with Gasteiger partial charge in [-0.25, -0.2) is 0 Å². The van der Waals surface area contributed by atoms with E-state index >= 15 is 0 Å². The van der Waals surface area contributed by atoms with E-state index in [4.69, 9.17) is 9.84 Å². The predicted octanol–water partition coefficient (Wildman–Crippen LogP) is 3.66. The number of rotatable bonds is 5. The van der Waals surface area contributed by atoms with Crippen molar-refractivity contribution in [2.24, 2.45) is 5.92 Å². The Hall–Kier alpha value is -2.09. The number of carbonyl (C=O) groups excluding carboxylic acids is 1. The van der Waals surface area contributed by atoms with Crippen LogP contribution in [0.2, 0.25) is 0 Å². The zero-order valence-electron chi connectivity index (χ0n) is 14.2. The minimum atomic E-state index is -0.776. The quantitative estimate of drug-likeness (QED) is 0.685. The second-order valence-corrected chi connectivity index (χ2v) is 7.56. The molecule has 0 bridgehead atoms. The van der Waals surface area contributed by atoms with Crippen LogP contribution in [0.1, 0.15) is 12.8 Å². The fourth-order valence-electron chi connectivity index (χ4n) is 3.02. The SMILES string of the molecule is O=C(O)C1CCN(C(=O)COc2ccc(-c3cccc(I)c3)cc2)CC1. The summed E-state index contributed by atoms with van der Waals surface area (Å²) in [5.41, 5.74) is 2.23. The third-order valence-electron chi connectivity index (χ3n) is 4.57. The monoisotopic (exact) mass is 465 g/mol. The Kier molecular flexibility index (Phi) is 6.13. The molecule has 136 valence electrons. The van der Waals surface area contributed by atoms with Crippen molar-refractivity contribution in [1.82, 2.24) is 4.90 Å². The molecule has 1 fully saturated rings. The molecule has 0 atom stereocenters. The van der Waals surface area contributed by atoms with Gasteiger partial charge < -0.3 is 14.7 Å². The second-order valence-electron chi connectivity index (χ2n) is 6.32. The molecule has 0 aromatic heterocycles. The third kappa shape index (κ3) is 4.75. The molecule has 1 amide bonds. The van der Waals surface area contributed by atoms with Gasteiger partial charge in [-0.2, -0.15) is 0 Å². The summed E-state index contributed by atoms with van der Waals surface area (Å²) in [5, 5.41) is 9.01. The van der Waals surface area contributed by atoms with Gasteiger partial charge in [-0.3, -0.25) is 9.59 Å². The summed E-state index contributed by atoms with van der Waals surface area (Å²) in [7, 11) is 0. The number of hydrogen-bond acceptors (Lipinski definition) is 3. The van der Waals surface area contributed by atoms with Crippen molar-refractivity contribution in [3.8, 4) is 16.9 Å². The molecule has 1 saturated heterocycles. The van der Waals surface area contributed by atoms with Crippen LogP contribution in [-0.4, -0.2) is 41.6 Å². The third-order valence-corrected chi connectivity index (χ3v) is 5.24. The van der Waals surface area contributed by atoms with Crippen molar-refractivity contribution in [2.45, 2.75) is 12.8 Å². The molecular formula is C20H20INO4. The van der Waals surface area contributed by atoms with Gasteiger partial charge in [0.15, 0.2) is 6.61 Å². The molecule has 3 rings (SSSR count). The number of hydrogen-bond donors (Lipinski definition) is 1.